The Balaban J connectivity index is 2.78. The molecule has 0 bridgehead atoms. The fourth-order valence-corrected chi connectivity index (χ4v) is 3.92. The number of rotatable bonds is 8. The Kier molecular flexibility index (Phi) is 7.02. The monoisotopic (exact) mass is 317 g/mol. The Morgan fingerprint density at radius 1 is 1.40 bits per heavy atom. The van der Waals surface area contributed by atoms with Crippen LogP contribution in [-0.2, 0) is 16.6 Å². The number of aliphatic hydroxyl groups is 1. The van der Waals surface area contributed by atoms with Gasteiger partial charge in [-0.3, -0.25) is 0 Å². The van der Waals surface area contributed by atoms with E-state index in [9.17, 15) is 13.5 Å². The van der Waals surface area contributed by atoms with Crippen LogP contribution < -0.4 is 4.72 Å². The highest BCUT2D eigenvalue weighted by Gasteiger charge is 2.18. The molecule has 6 heteroatoms. The van der Waals surface area contributed by atoms with Crippen LogP contribution in [0, 0.1) is 6.92 Å². The summed E-state index contributed by atoms with van der Waals surface area (Å²) in [7, 11) is -3.52. The van der Waals surface area contributed by atoms with E-state index in [4.69, 9.17) is 0 Å². The van der Waals surface area contributed by atoms with Gasteiger partial charge in [-0.2, -0.15) is 11.8 Å². The first kappa shape index (κ1) is 17.5. The third-order valence-electron chi connectivity index (χ3n) is 3.06. The summed E-state index contributed by atoms with van der Waals surface area (Å²) in [6, 6.07) is 4.73. The molecule has 2 N–H and O–H groups in total. The van der Waals surface area contributed by atoms with Crippen LogP contribution in [0.15, 0.2) is 23.1 Å². The lowest BCUT2D eigenvalue weighted by Crippen LogP contribution is -2.33. The van der Waals surface area contributed by atoms with Crippen molar-refractivity contribution in [2.24, 2.45) is 0 Å². The summed E-state index contributed by atoms with van der Waals surface area (Å²) in [6.45, 7) is 5.65. The molecule has 0 spiro atoms. The second-order valence-corrected chi connectivity index (χ2v) is 7.86. The van der Waals surface area contributed by atoms with E-state index in [-0.39, 0.29) is 17.5 Å². The summed E-state index contributed by atoms with van der Waals surface area (Å²) < 4.78 is 27.2. The van der Waals surface area contributed by atoms with E-state index < -0.39 is 10.0 Å². The average Bonchev–Trinajstić information content (AvgIpc) is 2.38. The predicted octanol–water partition coefficient (Wildman–Crippen LogP) is 2.30. The van der Waals surface area contributed by atoms with Gasteiger partial charge in [0, 0.05) is 6.04 Å². The molecule has 0 aliphatic rings. The van der Waals surface area contributed by atoms with Crippen molar-refractivity contribution in [3.8, 4) is 0 Å². The average molecular weight is 317 g/mol. The Hall–Kier alpha value is -0.560. The van der Waals surface area contributed by atoms with Crippen LogP contribution in [0.5, 0.6) is 0 Å². The smallest absolute Gasteiger partial charge is 0.240 e. The zero-order chi connectivity index (χ0) is 15.2. The quantitative estimate of drug-likeness (QED) is 0.722. The lowest BCUT2D eigenvalue weighted by molar-refractivity contribution is 0.280. The van der Waals surface area contributed by atoms with Crippen molar-refractivity contribution in [3.05, 3.63) is 29.3 Å². The fraction of sp³-hybridized carbons (Fsp3) is 0.571. The molecule has 0 radical (unpaired) electrons. The van der Waals surface area contributed by atoms with Crippen LogP contribution in [0.25, 0.3) is 0 Å². The normalized spacial score (nSPS) is 13.4. The largest absolute Gasteiger partial charge is 0.392 e. The van der Waals surface area contributed by atoms with Gasteiger partial charge in [0.05, 0.1) is 11.5 Å². The highest BCUT2D eigenvalue weighted by molar-refractivity contribution is 7.99. The van der Waals surface area contributed by atoms with Crippen LogP contribution in [0.4, 0.5) is 0 Å². The third kappa shape index (κ3) is 5.09. The number of benzene rings is 1. The van der Waals surface area contributed by atoms with Crippen LogP contribution in [0.3, 0.4) is 0 Å². The second-order valence-electron chi connectivity index (χ2n) is 4.75. The molecule has 0 saturated heterocycles. The molecule has 1 rings (SSSR count). The van der Waals surface area contributed by atoms with Gasteiger partial charge in [-0.1, -0.05) is 13.0 Å². The van der Waals surface area contributed by atoms with Gasteiger partial charge in [0.1, 0.15) is 0 Å². The molecule has 1 aromatic rings. The van der Waals surface area contributed by atoms with E-state index in [1.165, 1.54) is 6.07 Å². The summed E-state index contributed by atoms with van der Waals surface area (Å²) in [5, 5.41) is 9.22. The highest BCUT2D eigenvalue weighted by Crippen LogP contribution is 2.16. The molecule has 1 unspecified atom stereocenters. The van der Waals surface area contributed by atoms with Crippen molar-refractivity contribution in [1.82, 2.24) is 4.72 Å². The van der Waals surface area contributed by atoms with Gasteiger partial charge in [0.2, 0.25) is 10.0 Å². The zero-order valence-corrected chi connectivity index (χ0v) is 13.9. The van der Waals surface area contributed by atoms with Gasteiger partial charge in [-0.25, -0.2) is 13.1 Å². The van der Waals surface area contributed by atoms with Crippen LogP contribution >= 0.6 is 11.8 Å². The van der Waals surface area contributed by atoms with Crippen molar-refractivity contribution < 1.29 is 13.5 Å². The van der Waals surface area contributed by atoms with Crippen LogP contribution in [0.1, 0.15) is 31.4 Å². The minimum atomic E-state index is -3.52. The fourth-order valence-electron chi connectivity index (χ4n) is 1.78. The van der Waals surface area contributed by atoms with E-state index in [1.807, 2.05) is 13.8 Å². The van der Waals surface area contributed by atoms with Gasteiger partial charge >= 0.3 is 0 Å². The molecule has 4 nitrogen and oxygen atoms in total. The minimum absolute atomic E-state index is 0.0991. The molecule has 114 valence electrons. The summed E-state index contributed by atoms with van der Waals surface area (Å²) in [5.41, 5.74) is 1.53. The molecular weight excluding hydrogens is 294 g/mol. The molecule has 0 aromatic heterocycles. The Morgan fingerprint density at radius 3 is 2.70 bits per heavy atom. The molecule has 0 saturated carbocycles. The van der Waals surface area contributed by atoms with Crippen molar-refractivity contribution in [2.75, 3.05) is 11.5 Å². The van der Waals surface area contributed by atoms with Crippen LogP contribution in [-0.4, -0.2) is 31.1 Å². The van der Waals surface area contributed by atoms with Crippen LogP contribution in [0.2, 0.25) is 0 Å². The van der Waals surface area contributed by atoms with Crippen molar-refractivity contribution in [3.63, 3.8) is 0 Å². The number of nitrogens with one attached hydrogen (secondary N) is 1. The first-order valence-corrected chi connectivity index (χ1v) is 9.35. The van der Waals surface area contributed by atoms with Gasteiger partial charge in [-0.15, -0.1) is 0 Å². The standard InChI is InChI=1S/C14H23NO3S2/c1-4-19-8-7-12(3)15-20(17,18)14-6-5-11(2)13(9-14)10-16/h5-6,9,12,15-16H,4,7-8,10H2,1-3H3. The SMILES string of the molecule is CCSCCC(C)NS(=O)(=O)c1ccc(C)c(CO)c1. The topological polar surface area (TPSA) is 66.4 Å². The molecule has 0 aliphatic carbocycles. The predicted molar refractivity (Wildman–Crippen MR) is 84.5 cm³/mol. The molecule has 0 fully saturated rings. The van der Waals surface area contributed by atoms with Gasteiger partial charge in [0.25, 0.3) is 0 Å². The maximum atomic E-state index is 12.3. The number of hydrogen-bond donors (Lipinski definition) is 2. The van der Waals surface area contributed by atoms with Crippen molar-refractivity contribution >= 4 is 21.8 Å². The molecule has 0 heterocycles. The molecule has 1 aromatic carbocycles. The van der Waals surface area contributed by atoms with Gasteiger partial charge in [0.15, 0.2) is 0 Å². The number of sulfonamides is 1. The van der Waals surface area contributed by atoms with E-state index >= 15 is 0 Å². The number of thioether (sulfide) groups is 1. The first-order chi connectivity index (χ1) is 9.40. The molecule has 20 heavy (non-hydrogen) atoms. The maximum Gasteiger partial charge on any atom is 0.240 e. The Morgan fingerprint density at radius 2 is 2.10 bits per heavy atom. The zero-order valence-electron chi connectivity index (χ0n) is 12.2. The molecular formula is C14H23NO3S2. The number of aliphatic hydroxyl groups excluding tert-OH is 1. The summed E-state index contributed by atoms with van der Waals surface area (Å²) in [6.07, 6.45) is 0.802. The van der Waals surface area contributed by atoms with Crippen molar-refractivity contribution in [2.45, 2.75) is 44.7 Å². The maximum absolute atomic E-state index is 12.3. The second kappa shape index (κ2) is 8.02. The van der Waals surface area contributed by atoms with E-state index in [0.29, 0.717) is 5.56 Å². The Labute approximate surface area is 126 Å². The van der Waals surface area contributed by atoms with E-state index in [1.54, 1.807) is 23.9 Å². The molecule has 0 aliphatic heterocycles. The van der Waals surface area contributed by atoms with E-state index in [2.05, 4.69) is 11.6 Å². The van der Waals surface area contributed by atoms with Crippen molar-refractivity contribution in [1.29, 1.82) is 0 Å². The molecule has 1 atom stereocenters. The van der Waals surface area contributed by atoms with Gasteiger partial charge in [-0.05, 0) is 55.0 Å². The first-order valence-electron chi connectivity index (χ1n) is 6.71. The number of hydrogen-bond acceptors (Lipinski definition) is 4. The minimum Gasteiger partial charge on any atom is -0.392 e. The number of aryl methyl sites for hydroxylation is 1. The lowest BCUT2D eigenvalue weighted by atomic mass is 10.1. The third-order valence-corrected chi connectivity index (χ3v) is 5.58. The van der Waals surface area contributed by atoms with E-state index in [0.717, 1.165) is 23.5 Å². The summed E-state index contributed by atoms with van der Waals surface area (Å²) in [4.78, 5) is 0.210. The summed E-state index contributed by atoms with van der Waals surface area (Å²) >= 11 is 1.80. The summed E-state index contributed by atoms with van der Waals surface area (Å²) in [5.74, 6) is 1.98. The molecule has 0 amide bonds. The Bertz CT molecular complexity index is 529. The lowest BCUT2D eigenvalue weighted by Gasteiger charge is -2.15. The van der Waals surface area contributed by atoms with Gasteiger partial charge < -0.3 is 5.11 Å². The highest BCUT2D eigenvalue weighted by atomic mass is 32.2.